The van der Waals surface area contributed by atoms with Crippen LogP contribution in [0.5, 0.6) is 0 Å². The predicted octanol–water partition coefficient (Wildman–Crippen LogP) is -6.84. The second kappa shape index (κ2) is 14.1. The Labute approximate surface area is 239 Å². The van der Waals surface area contributed by atoms with Gasteiger partial charge in [0.1, 0.15) is 42.7 Å². The Morgan fingerprint density at radius 1 is 1.17 bits per heavy atom. The number of aliphatic carboxylic acids is 1. The summed E-state index contributed by atoms with van der Waals surface area (Å²) in [7, 11) is 0. The molecule has 3 fully saturated rings. The van der Waals surface area contributed by atoms with Crippen LogP contribution < -0.4 is 16.4 Å². The van der Waals surface area contributed by atoms with E-state index in [0.717, 1.165) is 6.92 Å². The maximum Gasteiger partial charge on any atom is 0.364 e. The van der Waals surface area contributed by atoms with Crippen LogP contribution in [0.1, 0.15) is 20.3 Å². The van der Waals surface area contributed by atoms with Crippen molar-refractivity contribution in [3.8, 4) is 0 Å². The third kappa shape index (κ3) is 7.16. The predicted molar refractivity (Wildman–Crippen MR) is 132 cm³/mol. The lowest BCUT2D eigenvalue weighted by Gasteiger charge is -2.51. The van der Waals surface area contributed by atoms with E-state index in [4.69, 9.17) is 29.4 Å². The Kier molecular flexibility index (Phi) is 11.6. The molecule has 3 rings (SSSR count). The molecule has 0 aromatic rings. The van der Waals surface area contributed by atoms with E-state index in [1.165, 1.54) is 6.92 Å². The molecular formula is C23H39N3O16. The molecule has 3 saturated heterocycles. The normalized spacial score (nSPS) is 44.0. The third-order valence-corrected chi connectivity index (χ3v) is 7.44. The van der Waals surface area contributed by atoms with Gasteiger partial charge < -0.3 is 80.9 Å². The van der Waals surface area contributed by atoms with Gasteiger partial charge >= 0.3 is 5.97 Å². The molecule has 3 aliphatic heterocycles. The van der Waals surface area contributed by atoms with E-state index in [1.54, 1.807) is 0 Å². The smallest absolute Gasteiger partial charge is 0.364 e. The summed E-state index contributed by atoms with van der Waals surface area (Å²) in [5.41, 5.74) is 6.01. The number of nitrogens with one attached hydrogen (secondary N) is 2. The Morgan fingerprint density at radius 2 is 1.83 bits per heavy atom. The van der Waals surface area contributed by atoms with Gasteiger partial charge in [-0.05, 0) is 6.92 Å². The Bertz CT molecular complexity index is 947. The lowest BCUT2D eigenvalue weighted by Crippen LogP contribution is -2.72. The SMILES string of the molecule is CC(=O)N[C@H]1[C@H](O[C@@H]2COC(O)[C@H](O)[C@@H]2O)O[C@H](C)[C@H](O)[C@@H]1O[C@]1(C(=O)O)C[C@@H](O)[C@@H](N)[C@@H]([C@H](NC=O)[C@@H](O)CO)O1. The molecule has 15 atom stereocenters. The van der Waals surface area contributed by atoms with Gasteiger partial charge in [0.15, 0.2) is 12.6 Å². The number of hydrogen-bond donors (Lipinski definition) is 11. The van der Waals surface area contributed by atoms with Gasteiger partial charge in [-0.2, -0.15) is 0 Å². The first-order valence-corrected chi connectivity index (χ1v) is 13.1. The zero-order valence-electron chi connectivity index (χ0n) is 22.7. The first-order valence-electron chi connectivity index (χ1n) is 13.1. The molecule has 12 N–H and O–H groups in total. The third-order valence-electron chi connectivity index (χ3n) is 7.44. The van der Waals surface area contributed by atoms with Crippen LogP contribution in [-0.2, 0) is 38.1 Å². The van der Waals surface area contributed by atoms with Crippen molar-refractivity contribution in [2.24, 2.45) is 5.73 Å². The van der Waals surface area contributed by atoms with Crippen LogP contribution in [-0.4, -0.2) is 164 Å². The van der Waals surface area contributed by atoms with Crippen LogP contribution in [0.2, 0.25) is 0 Å². The Morgan fingerprint density at radius 3 is 2.40 bits per heavy atom. The van der Waals surface area contributed by atoms with Crippen molar-refractivity contribution in [1.82, 2.24) is 10.6 Å². The van der Waals surface area contributed by atoms with Gasteiger partial charge in [0.05, 0.1) is 43.6 Å². The van der Waals surface area contributed by atoms with Crippen molar-refractivity contribution in [2.75, 3.05) is 13.2 Å². The molecule has 0 spiro atoms. The second-order valence-electron chi connectivity index (χ2n) is 10.4. The van der Waals surface area contributed by atoms with E-state index in [1.807, 2.05) is 0 Å². The maximum absolute atomic E-state index is 12.7. The molecule has 0 aliphatic carbocycles. The number of rotatable bonds is 11. The fraction of sp³-hybridized carbons (Fsp3) is 0.870. The van der Waals surface area contributed by atoms with Gasteiger partial charge in [-0.25, -0.2) is 4.79 Å². The van der Waals surface area contributed by atoms with Gasteiger partial charge in [0.2, 0.25) is 12.3 Å². The van der Waals surface area contributed by atoms with Crippen molar-refractivity contribution in [2.45, 2.75) is 112 Å². The van der Waals surface area contributed by atoms with Crippen molar-refractivity contribution in [3.05, 3.63) is 0 Å². The molecule has 0 aromatic heterocycles. The first kappa shape index (κ1) is 34.4. The number of carbonyl (C=O) groups is 3. The topological polar surface area (TPSA) is 309 Å². The van der Waals surface area contributed by atoms with Crippen molar-refractivity contribution < 1.29 is 78.9 Å². The largest absolute Gasteiger partial charge is 0.477 e. The average Bonchev–Trinajstić information content (AvgIpc) is 2.93. The van der Waals surface area contributed by atoms with Gasteiger partial charge in [0, 0.05) is 13.3 Å². The minimum atomic E-state index is -2.81. The molecule has 0 aromatic carbocycles. The highest BCUT2D eigenvalue weighted by Crippen LogP contribution is 2.37. The van der Waals surface area contributed by atoms with Gasteiger partial charge in [0.25, 0.3) is 5.79 Å². The van der Waals surface area contributed by atoms with Crippen LogP contribution in [0.25, 0.3) is 0 Å². The van der Waals surface area contributed by atoms with Crippen molar-refractivity contribution >= 4 is 18.3 Å². The minimum absolute atomic E-state index is 0.141. The minimum Gasteiger partial charge on any atom is -0.477 e. The van der Waals surface area contributed by atoms with E-state index >= 15 is 0 Å². The summed E-state index contributed by atoms with van der Waals surface area (Å²) >= 11 is 0. The molecule has 2 amide bonds. The summed E-state index contributed by atoms with van der Waals surface area (Å²) < 4.78 is 27.9. The van der Waals surface area contributed by atoms with Crippen molar-refractivity contribution in [3.63, 3.8) is 0 Å². The summed E-state index contributed by atoms with van der Waals surface area (Å²) in [4.78, 5) is 36.0. The molecule has 42 heavy (non-hydrogen) atoms. The number of hydrogen-bond acceptors (Lipinski definition) is 16. The van der Waals surface area contributed by atoms with E-state index < -0.39 is 123 Å². The number of carboxylic acids is 1. The average molecular weight is 614 g/mol. The summed E-state index contributed by atoms with van der Waals surface area (Å²) in [6.07, 6.45) is -18.3. The zero-order valence-corrected chi connectivity index (χ0v) is 22.7. The van der Waals surface area contributed by atoms with Crippen LogP contribution >= 0.6 is 0 Å². The summed E-state index contributed by atoms with van der Waals surface area (Å²) in [5, 5.41) is 86.3. The molecule has 3 heterocycles. The highest BCUT2D eigenvalue weighted by atomic mass is 16.7. The molecule has 0 radical (unpaired) electrons. The number of amides is 2. The summed E-state index contributed by atoms with van der Waals surface area (Å²) in [6, 6.07) is -4.42. The van der Waals surface area contributed by atoms with Gasteiger partial charge in [-0.15, -0.1) is 0 Å². The van der Waals surface area contributed by atoms with E-state index in [9.17, 15) is 55.2 Å². The number of ether oxygens (including phenoxy) is 5. The number of aliphatic hydroxyl groups excluding tert-OH is 7. The number of carboxylic acid groups (broad SMARTS) is 1. The fourth-order valence-corrected chi connectivity index (χ4v) is 5.12. The number of nitrogens with two attached hydrogens (primary N) is 1. The quantitative estimate of drug-likeness (QED) is 0.0964. The molecule has 19 nitrogen and oxygen atoms in total. The monoisotopic (exact) mass is 613 g/mol. The molecular weight excluding hydrogens is 574 g/mol. The number of carbonyl (C=O) groups excluding carboxylic acids is 2. The van der Waals surface area contributed by atoms with Crippen molar-refractivity contribution in [1.29, 1.82) is 0 Å². The molecule has 0 bridgehead atoms. The van der Waals surface area contributed by atoms with Crippen LogP contribution in [0.4, 0.5) is 0 Å². The molecule has 19 heteroatoms. The zero-order chi connectivity index (χ0) is 31.5. The van der Waals surface area contributed by atoms with E-state index in [-0.39, 0.29) is 6.41 Å². The van der Waals surface area contributed by atoms with Gasteiger partial charge in [-0.1, -0.05) is 0 Å². The molecule has 0 saturated carbocycles. The lowest BCUT2D eigenvalue weighted by atomic mass is 9.87. The lowest BCUT2D eigenvalue weighted by molar-refractivity contribution is -0.357. The van der Waals surface area contributed by atoms with Crippen LogP contribution in [0, 0.1) is 0 Å². The summed E-state index contributed by atoms with van der Waals surface area (Å²) in [6.45, 7) is 1.11. The fourth-order valence-electron chi connectivity index (χ4n) is 5.12. The highest BCUT2D eigenvalue weighted by Gasteiger charge is 2.59. The highest BCUT2D eigenvalue weighted by molar-refractivity contribution is 5.76. The Balaban J connectivity index is 1.98. The number of aliphatic hydroxyl groups is 7. The summed E-state index contributed by atoms with van der Waals surface area (Å²) in [5.74, 6) is -5.34. The van der Waals surface area contributed by atoms with Crippen LogP contribution in [0.15, 0.2) is 0 Å². The van der Waals surface area contributed by atoms with E-state index in [2.05, 4.69) is 10.6 Å². The first-order chi connectivity index (χ1) is 19.7. The van der Waals surface area contributed by atoms with Gasteiger partial charge in [-0.3, -0.25) is 9.59 Å². The molecule has 242 valence electrons. The second-order valence-corrected chi connectivity index (χ2v) is 10.4. The van der Waals surface area contributed by atoms with Crippen LogP contribution in [0.3, 0.4) is 0 Å². The Hall–Kier alpha value is -2.11. The molecule has 3 aliphatic rings. The maximum atomic E-state index is 12.7. The van der Waals surface area contributed by atoms with E-state index in [0.29, 0.717) is 0 Å². The molecule has 1 unspecified atom stereocenters. The standard InChI is InChI=1S/C23H39N3O16/c1-7-15(32)19(14(26-8(2)29)21(39-7)40-11-5-38-20(35)17(34)16(11)33)42-23(22(36)37)3-9(30)12(24)18(41-23)13(25-6-28)10(31)4-27/h6-7,9-21,27,30-35H,3-5,24H2,1-2H3,(H,25,28)(H,26,29)(H,36,37)/t7-,9-,10+,11-,12-,13-,14-,15+,16-,17-,18+,19-,20?,21+,23+/m1/s1.